The molecule has 1 heterocycles. The quantitative estimate of drug-likeness (QED) is 0.787. The van der Waals surface area contributed by atoms with Crippen LogP contribution in [0.25, 0.3) is 6.08 Å². The van der Waals surface area contributed by atoms with Crippen molar-refractivity contribution in [3.05, 3.63) is 59.2 Å². The zero-order valence-electron chi connectivity index (χ0n) is 13.4. The van der Waals surface area contributed by atoms with Crippen LogP contribution in [0.4, 0.5) is 8.78 Å². The van der Waals surface area contributed by atoms with Crippen LogP contribution in [0.15, 0.2) is 41.2 Å². The van der Waals surface area contributed by atoms with E-state index >= 15 is 0 Å². The number of hydrogen-bond acceptors (Lipinski definition) is 4. The summed E-state index contributed by atoms with van der Waals surface area (Å²) in [6.45, 7) is 0. The summed E-state index contributed by atoms with van der Waals surface area (Å²) in [6.07, 6.45) is 7.81. The van der Waals surface area contributed by atoms with Crippen molar-refractivity contribution in [2.75, 3.05) is 14.2 Å². The number of methoxy groups -OCH3 is 1. The van der Waals surface area contributed by atoms with Crippen LogP contribution in [0.3, 0.4) is 0 Å². The minimum atomic E-state index is -0.956. The van der Waals surface area contributed by atoms with Gasteiger partial charge >= 0.3 is 0 Å². The molecular weight excluding hydrogens is 312 g/mol. The lowest BCUT2D eigenvalue weighted by molar-refractivity contribution is 0.371. The van der Waals surface area contributed by atoms with Gasteiger partial charge in [0.05, 0.1) is 7.11 Å². The fraction of sp³-hybridized carbons (Fsp3) is 0.278. The van der Waals surface area contributed by atoms with Gasteiger partial charge in [-0.1, -0.05) is 0 Å². The highest BCUT2D eigenvalue weighted by Crippen LogP contribution is 2.52. The Labute approximate surface area is 138 Å². The number of aliphatic imine (C=N–C) groups is 1. The molecule has 1 aromatic heterocycles. The monoisotopic (exact) mass is 329 g/mol. The molecule has 0 radical (unpaired) electrons. The van der Waals surface area contributed by atoms with Crippen molar-refractivity contribution in [2.45, 2.75) is 12.3 Å². The van der Waals surface area contributed by atoms with Gasteiger partial charge in [0.15, 0.2) is 17.4 Å². The number of rotatable bonds is 5. The number of benzene rings is 1. The van der Waals surface area contributed by atoms with Crippen LogP contribution in [0.5, 0.6) is 5.75 Å². The largest absolute Gasteiger partial charge is 0.494 e. The van der Waals surface area contributed by atoms with E-state index in [0.717, 1.165) is 17.6 Å². The van der Waals surface area contributed by atoms with Gasteiger partial charge in [-0.3, -0.25) is 4.99 Å². The normalized spacial score (nSPS) is 20.4. The summed E-state index contributed by atoms with van der Waals surface area (Å²) >= 11 is 0. The van der Waals surface area contributed by atoms with Gasteiger partial charge in [-0.25, -0.2) is 14.4 Å². The SMILES string of the molecule is CN=C/C(=C\c1ncccn1)C1CC1c1cc(F)c(F)c(OC)c1. The molecule has 1 aliphatic rings. The van der Waals surface area contributed by atoms with E-state index in [1.807, 2.05) is 6.08 Å². The Kier molecular flexibility index (Phi) is 4.64. The summed E-state index contributed by atoms with van der Waals surface area (Å²) < 4.78 is 32.2. The summed E-state index contributed by atoms with van der Waals surface area (Å²) in [5, 5.41) is 0. The Hall–Kier alpha value is -2.63. The average molecular weight is 329 g/mol. The number of hydrogen-bond donors (Lipinski definition) is 0. The summed E-state index contributed by atoms with van der Waals surface area (Å²) in [5.74, 6) is -1.05. The summed E-state index contributed by atoms with van der Waals surface area (Å²) in [7, 11) is 3.02. The van der Waals surface area contributed by atoms with E-state index in [0.29, 0.717) is 5.82 Å². The molecule has 2 atom stereocenters. The number of ether oxygens (including phenoxy) is 1. The molecule has 0 bridgehead atoms. The highest BCUT2D eigenvalue weighted by Gasteiger charge is 2.41. The van der Waals surface area contributed by atoms with Gasteiger partial charge in [-0.2, -0.15) is 4.39 Å². The van der Waals surface area contributed by atoms with Crippen LogP contribution in [0.1, 0.15) is 23.7 Å². The highest BCUT2D eigenvalue weighted by atomic mass is 19.2. The lowest BCUT2D eigenvalue weighted by atomic mass is 10.0. The Bertz CT molecular complexity index is 790. The second kappa shape index (κ2) is 6.86. The average Bonchev–Trinajstić information content (AvgIpc) is 3.38. The highest BCUT2D eigenvalue weighted by molar-refractivity contribution is 5.86. The zero-order chi connectivity index (χ0) is 17.1. The predicted molar refractivity (Wildman–Crippen MR) is 88.2 cm³/mol. The standard InChI is InChI=1S/C18H17F2N3O/c1-21-10-12(8-17-22-4-3-5-23-17)14-9-13(14)11-6-15(19)18(20)16(7-11)24-2/h3-8,10,13-14H,9H2,1-2H3/b12-8+,21-10?. The van der Waals surface area contributed by atoms with E-state index in [-0.39, 0.29) is 17.6 Å². The topological polar surface area (TPSA) is 47.4 Å². The second-order valence-corrected chi connectivity index (χ2v) is 5.61. The molecule has 1 aromatic carbocycles. The van der Waals surface area contributed by atoms with Gasteiger partial charge in [-0.15, -0.1) is 0 Å². The van der Waals surface area contributed by atoms with Crippen LogP contribution in [-0.2, 0) is 0 Å². The van der Waals surface area contributed by atoms with Crippen LogP contribution in [0, 0.1) is 17.6 Å². The third-order valence-corrected chi connectivity index (χ3v) is 4.04. The van der Waals surface area contributed by atoms with Gasteiger partial charge in [-0.05, 0) is 53.7 Å². The van der Waals surface area contributed by atoms with E-state index in [1.54, 1.807) is 37.8 Å². The first-order valence-electron chi connectivity index (χ1n) is 7.57. The third-order valence-electron chi connectivity index (χ3n) is 4.04. The van der Waals surface area contributed by atoms with Crippen LogP contribution < -0.4 is 4.74 Å². The Balaban J connectivity index is 1.87. The van der Waals surface area contributed by atoms with Crippen molar-refractivity contribution < 1.29 is 13.5 Å². The molecule has 3 rings (SSSR count). The molecule has 1 saturated carbocycles. The molecule has 1 aliphatic carbocycles. The first kappa shape index (κ1) is 16.2. The molecule has 4 nitrogen and oxygen atoms in total. The van der Waals surface area contributed by atoms with E-state index < -0.39 is 11.6 Å². The van der Waals surface area contributed by atoms with Crippen LogP contribution >= 0.6 is 0 Å². The van der Waals surface area contributed by atoms with Crippen molar-refractivity contribution in [3.63, 3.8) is 0 Å². The molecule has 0 spiro atoms. The van der Waals surface area contributed by atoms with Gasteiger partial charge < -0.3 is 4.74 Å². The fourth-order valence-electron chi connectivity index (χ4n) is 2.80. The molecule has 2 aromatic rings. The predicted octanol–water partition coefficient (Wildman–Crippen LogP) is 3.65. The zero-order valence-corrected chi connectivity index (χ0v) is 13.4. The van der Waals surface area contributed by atoms with E-state index in [4.69, 9.17) is 4.74 Å². The number of nitrogens with zero attached hydrogens (tertiary/aromatic N) is 3. The van der Waals surface area contributed by atoms with Crippen molar-refractivity contribution >= 4 is 12.3 Å². The number of aromatic nitrogens is 2. The van der Waals surface area contributed by atoms with Gasteiger partial charge in [0.1, 0.15) is 0 Å². The maximum atomic E-state index is 13.7. The molecule has 0 N–H and O–H groups in total. The van der Waals surface area contributed by atoms with E-state index in [9.17, 15) is 8.78 Å². The summed E-state index contributed by atoms with van der Waals surface area (Å²) in [5.41, 5.74) is 1.69. The molecule has 1 fully saturated rings. The molecule has 0 aliphatic heterocycles. The van der Waals surface area contributed by atoms with E-state index in [1.165, 1.54) is 13.2 Å². The number of halogens is 2. The Morgan fingerprint density at radius 2 is 2.04 bits per heavy atom. The molecule has 6 heteroatoms. The van der Waals surface area contributed by atoms with Crippen LogP contribution in [0.2, 0.25) is 0 Å². The molecule has 124 valence electrons. The van der Waals surface area contributed by atoms with Gasteiger partial charge in [0.25, 0.3) is 0 Å². The first-order valence-corrected chi connectivity index (χ1v) is 7.57. The van der Waals surface area contributed by atoms with Gasteiger partial charge in [0.2, 0.25) is 5.82 Å². The smallest absolute Gasteiger partial charge is 0.200 e. The molecule has 24 heavy (non-hydrogen) atoms. The third kappa shape index (κ3) is 3.32. The second-order valence-electron chi connectivity index (χ2n) is 5.61. The van der Waals surface area contributed by atoms with Crippen molar-refractivity contribution in [2.24, 2.45) is 10.9 Å². The maximum Gasteiger partial charge on any atom is 0.200 e. The molecule has 0 amide bonds. The maximum absolute atomic E-state index is 13.7. The van der Waals surface area contributed by atoms with Crippen molar-refractivity contribution in [1.29, 1.82) is 0 Å². The fourth-order valence-corrected chi connectivity index (χ4v) is 2.80. The molecular formula is C18H17F2N3O. The van der Waals surface area contributed by atoms with Gasteiger partial charge in [0, 0.05) is 25.7 Å². The van der Waals surface area contributed by atoms with Crippen molar-refractivity contribution in [3.8, 4) is 5.75 Å². The minimum Gasteiger partial charge on any atom is -0.494 e. The Morgan fingerprint density at radius 3 is 2.71 bits per heavy atom. The Morgan fingerprint density at radius 1 is 1.29 bits per heavy atom. The lowest BCUT2D eigenvalue weighted by Gasteiger charge is -2.07. The number of allylic oxidation sites excluding steroid dienone is 1. The minimum absolute atomic E-state index is 0.0725. The molecule has 0 saturated heterocycles. The van der Waals surface area contributed by atoms with Crippen molar-refractivity contribution in [1.82, 2.24) is 9.97 Å². The molecule has 2 unspecified atom stereocenters. The first-order chi connectivity index (χ1) is 11.6. The lowest BCUT2D eigenvalue weighted by Crippen LogP contribution is -1.97. The summed E-state index contributed by atoms with van der Waals surface area (Å²) in [4.78, 5) is 12.4. The van der Waals surface area contributed by atoms with Crippen LogP contribution in [-0.4, -0.2) is 30.3 Å². The van der Waals surface area contributed by atoms with E-state index in [2.05, 4.69) is 15.0 Å². The summed E-state index contributed by atoms with van der Waals surface area (Å²) in [6, 6.07) is 4.55.